The van der Waals surface area contributed by atoms with Gasteiger partial charge in [-0.05, 0) is 44.7 Å². The van der Waals surface area contributed by atoms with E-state index >= 15 is 0 Å². The molecule has 0 bridgehead atoms. The zero-order valence-corrected chi connectivity index (χ0v) is 10.6. The van der Waals surface area contributed by atoms with Crippen LogP contribution in [-0.4, -0.2) is 35.1 Å². The van der Waals surface area contributed by atoms with Gasteiger partial charge in [-0.3, -0.25) is 4.79 Å². The first-order valence-corrected chi connectivity index (χ1v) is 6.57. The van der Waals surface area contributed by atoms with Crippen LogP contribution in [-0.2, 0) is 4.79 Å². The van der Waals surface area contributed by atoms with E-state index < -0.39 is 5.97 Å². The molecule has 1 aliphatic heterocycles. The first-order chi connectivity index (χ1) is 7.61. The van der Waals surface area contributed by atoms with Crippen molar-refractivity contribution in [1.29, 1.82) is 0 Å². The Kier molecular flexibility index (Phi) is 5.81. The lowest BCUT2D eigenvalue weighted by molar-refractivity contribution is -0.137. The summed E-state index contributed by atoms with van der Waals surface area (Å²) in [6, 6.07) is 0.763. The number of unbranched alkanes of at least 4 members (excludes halogenated alkanes) is 2. The number of aliphatic carboxylic acids is 1. The highest BCUT2D eigenvalue weighted by Gasteiger charge is 2.25. The van der Waals surface area contributed by atoms with E-state index in [1.165, 1.54) is 19.4 Å². The summed E-state index contributed by atoms with van der Waals surface area (Å²) in [6.07, 6.45) is 6.03. The van der Waals surface area contributed by atoms with E-state index in [1.54, 1.807) is 0 Å². The third-order valence-electron chi connectivity index (χ3n) is 3.52. The molecular formula is C13H25NO2. The molecule has 0 aromatic carbocycles. The maximum atomic E-state index is 10.3. The predicted octanol–water partition coefficient (Wildman–Crippen LogP) is 2.75. The Balaban J connectivity index is 2.10. The van der Waals surface area contributed by atoms with Gasteiger partial charge in [0.1, 0.15) is 0 Å². The summed E-state index contributed by atoms with van der Waals surface area (Å²) in [5.74, 6) is 0.0859. The van der Waals surface area contributed by atoms with Gasteiger partial charge in [-0.1, -0.05) is 20.3 Å². The summed E-state index contributed by atoms with van der Waals surface area (Å²) in [6.45, 7) is 6.99. The molecule has 1 unspecified atom stereocenters. The van der Waals surface area contributed by atoms with Crippen LogP contribution in [0, 0.1) is 5.92 Å². The fourth-order valence-corrected chi connectivity index (χ4v) is 2.65. The number of carbonyl (C=O) groups is 1. The first-order valence-electron chi connectivity index (χ1n) is 6.57. The second-order valence-electron chi connectivity index (χ2n) is 5.19. The molecule has 1 saturated heterocycles. The van der Waals surface area contributed by atoms with E-state index in [4.69, 9.17) is 5.11 Å². The van der Waals surface area contributed by atoms with Crippen molar-refractivity contribution in [3.8, 4) is 0 Å². The minimum absolute atomic E-state index is 0.327. The smallest absolute Gasteiger partial charge is 0.303 e. The van der Waals surface area contributed by atoms with Crippen LogP contribution in [0.4, 0.5) is 0 Å². The van der Waals surface area contributed by atoms with Crippen molar-refractivity contribution in [2.24, 2.45) is 5.92 Å². The summed E-state index contributed by atoms with van der Waals surface area (Å²) in [5, 5.41) is 8.53. The highest BCUT2D eigenvalue weighted by atomic mass is 16.4. The molecule has 0 aromatic heterocycles. The van der Waals surface area contributed by atoms with Crippen LogP contribution in [0.3, 0.4) is 0 Å². The van der Waals surface area contributed by atoms with Crippen molar-refractivity contribution in [3.63, 3.8) is 0 Å². The Morgan fingerprint density at radius 3 is 2.75 bits per heavy atom. The number of carboxylic acid groups (broad SMARTS) is 1. The third-order valence-corrected chi connectivity index (χ3v) is 3.52. The maximum absolute atomic E-state index is 10.3. The minimum atomic E-state index is -0.666. The number of nitrogens with zero attached hydrogens (tertiary/aromatic N) is 1. The van der Waals surface area contributed by atoms with Crippen molar-refractivity contribution < 1.29 is 9.90 Å². The van der Waals surface area contributed by atoms with Gasteiger partial charge in [-0.25, -0.2) is 0 Å². The summed E-state index contributed by atoms with van der Waals surface area (Å²) in [4.78, 5) is 12.9. The zero-order chi connectivity index (χ0) is 12.0. The summed E-state index contributed by atoms with van der Waals surface area (Å²) in [7, 11) is 0. The van der Waals surface area contributed by atoms with E-state index in [0.717, 1.165) is 37.8 Å². The molecule has 0 aromatic rings. The molecule has 0 amide bonds. The number of likely N-dealkylation sites (tertiary alicyclic amines) is 1. The maximum Gasteiger partial charge on any atom is 0.303 e. The van der Waals surface area contributed by atoms with Crippen LogP contribution >= 0.6 is 0 Å². The zero-order valence-electron chi connectivity index (χ0n) is 10.6. The second-order valence-corrected chi connectivity index (χ2v) is 5.19. The highest BCUT2D eigenvalue weighted by molar-refractivity contribution is 5.66. The normalized spacial score (nSPS) is 21.8. The van der Waals surface area contributed by atoms with Crippen LogP contribution < -0.4 is 0 Å². The van der Waals surface area contributed by atoms with Gasteiger partial charge in [0.25, 0.3) is 0 Å². The van der Waals surface area contributed by atoms with E-state index in [-0.39, 0.29) is 0 Å². The van der Waals surface area contributed by atoms with Gasteiger partial charge in [-0.2, -0.15) is 0 Å². The van der Waals surface area contributed by atoms with Crippen LogP contribution in [0.1, 0.15) is 52.4 Å². The largest absolute Gasteiger partial charge is 0.481 e. The monoisotopic (exact) mass is 227 g/mol. The van der Waals surface area contributed by atoms with Gasteiger partial charge < -0.3 is 10.0 Å². The molecule has 0 spiro atoms. The SMILES string of the molecule is CC(C)C1CCCN1CCCCCC(=O)O. The summed E-state index contributed by atoms with van der Waals surface area (Å²) >= 11 is 0. The van der Waals surface area contributed by atoms with Crippen molar-refractivity contribution >= 4 is 5.97 Å². The molecule has 0 saturated carbocycles. The molecule has 0 aliphatic carbocycles. The highest BCUT2D eigenvalue weighted by Crippen LogP contribution is 2.23. The molecule has 94 valence electrons. The average Bonchev–Trinajstić information content (AvgIpc) is 2.65. The molecule has 0 radical (unpaired) electrons. The van der Waals surface area contributed by atoms with Crippen molar-refractivity contribution in [2.45, 2.75) is 58.4 Å². The Bertz CT molecular complexity index is 216. The molecular weight excluding hydrogens is 202 g/mol. The van der Waals surface area contributed by atoms with Gasteiger partial charge in [0, 0.05) is 12.5 Å². The Morgan fingerprint density at radius 2 is 2.12 bits per heavy atom. The quantitative estimate of drug-likeness (QED) is 0.680. The van der Waals surface area contributed by atoms with E-state index in [0.29, 0.717) is 6.42 Å². The number of carboxylic acids is 1. The molecule has 16 heavy (non-hydrogen) atoms. The standard InChI is InChI=1S/C13H25NO2/c1-11(2)12-7-6-10-14(12)9-5-3-4-8-13(15)16/h11-12H,3-10H2,1-2H3,(H,15,16). The second kappa shape index (κ2) is 6.89. The molecule has 1 aliphatic rings. The molecule has 3 nitrogen and oxygen atoms in total. The van der Waals surface area contributed by atoms with Gasteiger partial charge in [0.2, 0.25) is 0 Å². The molecule has 1 N–H and O–H groups in total. The van der Waals surface area contributed by atoms with Crippen LogP contribution in [0.25, 0.3) is 0 Å². The molecule has 1 heterocycles. The van der Waals surface area contributed by atoms with E-state index in [9.17, 15) is 4.79 Å². The van der Waals surface area contributed by atoms with Crippen LogP contribution in [0.15, 0.2) is 0 Å². The van der Waals surface area contributed by atoms with E-state index in [1.807, 2.05) is 0 Å². The summed E-state index contributed by atoms with van der Waals surface area (Å²) in [5.41, 5.74) is 0. The molecule has 1 rings (SSSR count). The summed E-state index contributed by atoms with van der Waals surface area (Å²) < 4.78 is 0. The lowest BCUT2D eigenvalue weighted by atomic mass is 10.0. The fourth-order valence-electron chi connectivity index (χ4n) is 2.65. The predicted molar refractivity (Wildman–Crippen MR) is 65.5 cm³/mol. The number of rotatable bonds is 7. The number of hydrogen-bond acceptors (Lipinski definition) is 2. The van der Waals surface area contributed by atoms with Crippen molar-refractivity contribution in [1.82, 2.24) is 4.90 Å². The topological polar surface area (TPSA) is 40.5 Å². The third kappa shape index (κ3) is 4.52. The Labute approximate surface area is 98.8 Å². The van der Waals surface area contributed by atoms with Crippen molar-refractivity contribution in [3.05, 3.63) is 0 Å². The van der Waals surface area contributed by atoms with Crippen molar-refractivity contribution in [2.75, 3.05) is 13.1 Å². The molecule has 1 atom stereocenters. The van der Waals surface area contributed by atoms with Gasteiger partial charge in [-0.15, -0.1) is 0 Å². The fraction of sp³-hybridized carbons (Fsp3) is 0.923. The minimum Gasteiger partial charge on any atom is -0.481 e. The van der Waals surface area contributed by atoms with Gasteiger partial charge >= 0.3 is 5.97 Å². The van der Waals surface area contributed by atoms with E-state index in [2.05, 4.69) is 18.7 Å². The number of hydrogen-bond donors (Lipinski definition) is 1. The first kappa shape index (κ1) is 13.5. The Morgan fingerprint density at radius 1 is 1.38 bits per heavy atom. The lowest BCUT2D eigenvalue weighted by Crippen LogP contribution is -2.34. The average molecular weight is 227 g/mol. The van der Waals surface area contributed by atoms with Gasteiger partial charge in [0.15, 0.2) is 0 Å². The van der Waals surface area contributed by atoms with Crippen LogP contribution in [0.2, 0.25) is 0 Å². The van der Waals surface area contributed by atoms with Gasteiger partial charge in [0.05, 0.1) is 0 Å². The lowest BCUT2D eigenvalue weighted by Gasteiger charge is -2.27. The van der Waals surface area contributed by atoms with Crippen LogP contribution in [0.5, 0.6) is 0 Å². The Hall–Kier alpha value is -0.570. The molecule has 3 heteroatoms. The molecule has 1 fully saturated rings.